The number of rotatable bonds is 5. The molecule has 0 radical (unpaired) electrons. The van der Waals surface area contributed by atoms with Gasteiger partial charge >= 0.3 is 0 Å². The van der Waals surface area contributed by atoms with Crippen molar-refractivity contribution in [3.8, 4) is 5.69 Å². The van der Waals surface area contributed by atoms with Crippen molar-refractivity contribution in [2.75, 3.05) is 6.54 Å². The lowest BCUT2D eigenvalue weighted by atomic mass is 10.1. The Morgan fingerprint density at radius 1 is 1.04 bits per heavy atom. The normalized spacial score (nSPS) is 10.8. The first-order valence-corrected chi connectivity index (χ1v) is 8.56. The second-order valence-corrected chi connectivity index (χ2v) is 6.03. The van der Waals surface area contributed by atoms with Gasteiger partial charge in [-0.1, -0.05) is 18.2 Å². The molecule has 0 unspecified atom stereocenters. The topological polar surface area (TPSA) is 81.3 Å². The van der Waals surface area contributed by atoms with Crippen molar-refractivity contribution in [2.45, 2.75) is 6.42 Å². The second-order valence-electron chi connectivity index (χ2n) is 6.03. The third-order valence-corrected chi connectivity index (χ3v) is 4.26. The zero-order valence-electron chi connectivity index (χ0n) is 14.4. The number of hydrogen-bond donors (Lipinski definition) is 1. The van der Waals surface area contributed by atoms with Gasteiger partial charge in [0.05, 0.1) is 5.69 Å². The van der Waals surface area contributed by atoms with Crippen molar-refractivity contribution >= 4 is 11.6 Å². The average Bonchev–Trinajstić information content (AvgIpc) is 3.24. The Bertz CT molecular complexity index is 1130. The SMILES string of the molecule is O=C(NCCc1ccc(-n2cccn2)cc1)c1cnc2ccccn2c1=O. The molecule has 0 aliphatic carbocycles. The summed E-state index contributed by atoms with van der Waals surface area (Å²) in [7, 11) is 0. The van der Waals surface area contributed by atoms with E-state index in [1.54, 1.807) is 35.3 Å². The largest absolute Gasteiger partial charge is 0.351 e. The van der Waals surface area contributed by atoms with E-state index < -0.39 is 5.91 Å². The van der Waals surface area contributed by atoms with Gasteiger partial charge in [-0.15, -0.1) is 0 Å². The van der Waals surface area contributed by atoms with Crippen molar-refractivity contribution in [3.63, 3.8) is 0 Å². The molecule has 4 aromatic rings. The summed E-state index contributed by atoms with van der Waals surface area (Å²) in [6.07, 6.45) is 7.20. The minimum Gasteiger partial charge on any atom is -0.351 e. The number of fused-ring (bicyclic) bond motifs is 1. The summed E-state index contributed by atoms with van der Waals surface area (Å²) >= 11 is 0. The monoisotopic (exact) mass is 359 g/mol. The van der Waals surface area contributed by atoms with Crippen molar-refractivity contribution in [2.24, 2.45) is 0 Å². The summed E-state index contributed by atoms with van der Waals surface area (Å²) in [5.74, 6) is -0.418. The Labute approximate surface area is 154 Å². The van der Waals surface area contributed by atoms with E-state index in [1.165, 1.54) is 10.6 Å². The number of aromatic nitrogens is 4. The molecular weight excluding hydrogens is 342 g/mol. The summed E-state index contributed by atoms with van der Waals surface area (Å²) in [5.41, 5.74) is 2.23. The molecule has 0 bridgehead atoms. The number of carbonyl (C=O) groups is 1. The molecule has 27 heavy (non-hydrogen) atoms. The fourth-order valence-electron chi connectivity index (χ4n) is 2.83. The number of amides is 1. The molecule has 7 nitrogen and oxygen atoms in total. The van der Waals surface area contributed by atoms with Crippen LogP contribution in [-0.2, 0) is 6.42 Å². The van der Waals surface area contributed by atoms with Crippen LogP contribution in [0, 0.1) is 0 Å². The number of carbonyl (C=O) groups excluding carboxylic acids is 1. The van der Waals surface area contributed by atoms with Crippen LogP contribution in [0.4, 0.5) is 0 Å². The molecule has 3 heterocycles. The van der Waals surface area contributed by atoms with Crippen LogP contribution in [0.15, 0.2) is 78.1 Å². The molecule has 0 saturated heterocycles. The Morgan fingerprint density at radius 2 is 1.89 bits per heavy atom. The zero-order chi connectivity index (χ0) is 18.6. The highest BCUT2D eigenvalue weighted by Gasteiger charge is 2.12. The maximum atomic E-state index is 12.4. The predicted molar refractivity (Wildman–Crippen MR) is 101 cm³/mol. The lowest BCUT2D eigenvalue weighted by molar-refractivity contribution is 0.0952. The van der Waals surface area contributed by atoms with Crippen LogP contribution in [0.2, 0.25) is 0 Å². The number of nitrogens with one attached hydrogen (secondary N) is 1. The van der Waals surface area contributed by atoms with Crippen molar-refractivity contribution in [1.82, 2.24) is 24.5 Å². The van der Waals surface area contributed by atoms with E-state index in [0.717, 1.165) is 11.3 Å². The third-order valence-electron chi connectivity index (χ3n) is 4.26. The molecular formula is C20H17N5O2. The molecule has 4 rings (SSSR count). The van der Waals surface area contributed by atoms with Crippen molar-refractivity contribution in [1.29, 1.82) is 0 Å². The van der Waals surface area contributed by atoms with Gasteiger partial charge in [-0.3, -0.25) is 14.0 Å². The summed E-state index contributed by atoms with van der Waals surface area (Å²) < 4.78 is 3.15. The van der Waals surface area contributed by atoms with Gasteiger partial charge in [0.25, 0.3) is 11.5 Å². The van der Waals surface area contributed by atoms with Crippen LogP contribution < -0.4 is 10.9 Å². The molecule has 1 amide bonds. The van der Waals surface area contributed by atoms with Crippen LogP contribution >= 0.6 is 0 Å². The highest BCUT2D eigenvalue weighted by molar-refractivity contribution is 5.93. The van der Waals surface area contributed by atoms with Crippen LogP contribution in [-0.4, -0.2) is 31.6 Å². The summed E-state index contributed by atoms with van der Waals surface area (Å²) in [6, 6.07) is 15.0. The molecule has 1 N–H and O–H groups in total. The highest BCUT2D eigenvalue weighted by atomic mass is 16.2. The number of benzene rings is 1. The smallest absolute Gasteiger partial charge is 0.270 e. The van der Waals surface area contributed by atoms with Gasteiger partial charge < -0.3 is 5.32 Å². The van der Waals surface area contributed by atoms with Crippen LogP contribution in [0.5, 0.6) is 0 Å². The van der Waals surface area contributed by atoms with Gasteiger partial charge in [0.1, 0.15) is 11.2 Å². The Balaban J connectivity index is 1.40. The van der Waals surface area contributed by atoms with E-state index in [0.29, 0.717) is 18.6 Å². The van der Waals surface area contributed by atoms with Gasteiger partial charge in [0.15, 0.2) is 0 Å². The molecule has 1 aromatic carbocycles. The molecule has 134 valence electrons. The Kier molecular flexibility index (Phi) is 4.49. The molecule has 0 fully saturated rings. The van der Waals surface area contributed by atoms with Crippen molar-refractivity contribution in [3.05, 3.63) is 94.8 Å². The molecule has 0 atom stereocenters. The van der Waals surface area contributed by atoms with E-state index in [1.807, 2.05) is 36.5 Å². The maximum Gasteiger partial charge on any atom is 0.270 e. The molecule has 0 aliphatic rings. The molecule has 0 saturated carbocycles. The minimum atomic E-state index is -0.418. The maximum absolute atomic E-state index is 12.4. The van der Waals surface area contributed by atoms with Gasteiger partial charge in [0.2, 0.25) is 0 Å². The first kappa shape index (κ1) is 16.7. The first-order chi connectivity index (χ1) is 13.2. The van der Waals surface area contributed by atoms with Gasteiger partial charge in [0, 0.05) is 31.3 Å². The van der Waals surface area contributed by atoms with E-state index in [2.05, 4.69) is 15.4 Å². The Hall–Kier alpha value is -3.74. The summed E-state index contributed by atoms with van der Waals surface area (Å²) in [4.78, 5) is 28.9. The van der Waals surface area contributed by atoms with E-state index in [9.17, 15) is 9.59 Å². The molecule has 3 aromatic heterocycles. The fourth-order valence-corrected chi connectivity index (χ4v) is 2.83. The first-order valence-electron chi connectivity index (χ1n) is 8.56. The molecule has 0 spiro atoms. The quantitative estimate of drug-likeness (QED) is 0.590. The second kappa shape index (κ2) is 7.25. The molecule has 0 aliphatic heterocycles. The summed E-state index contributed by atoms with van der Waals surface area (Å²) in [5, 5.41) is 6.97. The Morgan fingerprint density at radius 3 is 2.67 bits per heavy atom. The lowest BCUT2D eigenvalue weighted by Crippen LogP contribution is -2.32. The third kappa shape index (κ3) is 3.48. The lowest BCUT2D eigenvalue weighted by Gasteiger charge is -2.07. The van der Waals surface area contributed by atoms with E-state index in [4.69, 9.17) is 0 Å². The summed E-state index contributed by atoms with van der Waals surface area (Å²) in [6.45, 7) is 0.427. The molecule has 7 heteroatoms. The number of hydrogen-bond acceptors (Lipinski definition) is 4. The van der Waals surface area contributed by atoms with E-state index >= 15 is 0 Å². The number of pyridine rings is 1. The minimum absolute atomic E-state index is 0.0349. The number of nitrogens with zero attached hydrogens (tertiary/aromatic N) is 4. The average molecular weight is 359 g/mol. The zero-order valence-corrected chi connectivity index (χ0v) is 14.4. The standard InChI is InChI=1S/C20H17N5O2/c26-19(17-14-22-18-4-1-2-12-24(18)20(17)27)21-11-9-15-5-7-16(8-6-15)25-13-3-10-23-25/h1-8,10,12-14H,9,11H2,(H,21,26). The highest BCUT2D eigenvalue weighted by Crippen LogP contribution is 2.09. The van der Waals surface area contributed by atoms with Gasteiger partial charge in [-0.05, 0) is 42.3 Å². The van der Waals surface area contributed by atoms with Gasteiger partial charge in [-0.25, -0.2) is 9.67 Å². The van der Waals surface area contributed by atoms with Crippen molar-refractivity contribution < 1.29 is 4.79 Å². The van der Waals surface area contributed by atoms with Crippen LogP contribution in [0.25, 0.3) is 11.3 Å². The predicted octanol–water partition coefficient (Wildman–Crippen LogP) is 1.85. The fraction of sp³-hybridized carbons (Fsp3) is 0.100. The van der Waals surface area contributed by atoms with Crippen LogP contribution in [0.1, 0.15) is 15.9 Å². The van der Waals surface area contributed by atoms with E-state index in [-0.39, 0.29) is 11.1 Å². The van der Waals surface area contributed by atoms with Crippen LogP contribution in [0.3, 0.4) is 0 Å². The van der Waals surface area contributed by atoms with Gasteiger partial charge in [-0.2, -0.15) is 5.10 Å².